The molecule has 0 saturated heterocycles. The summed E-state index contributed by atoms with van der Waals surface area (Å²) in [6.45, 7) is 6.00. The van der Waals surface area contributed by atoms with Crippen LogP contribution in [-0.2, 0) is 33.8 Å². The predicted molar refractivity (Wildman–Crippen MR) is 163 cm³/mol. The van der Waals surface area contributed by atoms with Gasteiger partial charge in [-0.3, -0.25) is 4.79 Å². The number of primary amides is 1. The Morgan fingerprint density at radius 1 is 0.952 bits per heavy atom. The first-order chi connectivity index (χ1) is 20.0. The molecule has 0 aliphatic rings. The molecular weight excluding hydrogens is 554 g/mol. The Bertz CT molecular complexity index is 1280. The quantitative estimate of drug-likeness (QED) is 0.234. The molecule has 1 aromatic heterocycles. The van der Waals surface area contributed by atoms with Crippen LogP contribution in [0.1, 0.15) is 56.0 Å². The number of amides is 3. The molecule has 0 radical (unpaired) electrons. The molecular formula is C32H41N3O6S. The molecule has 1 unspecified atom stereocenters. The van der Waals surface area contributed by atoms with Gasteiger partial charge in [0, 0.05) is 17.8 Å². The second kappa shape index (κ2) is 15.8. The van der Waals surface area contributed by atoms with Gasteiger partial charge in [-0.15, -0.1) is 11.3 Å². The molecule has 3 amide bonds. The second-order valence-corrected chi connectivity index (χ2v) is 12.0. The van der Waals surface area contributed by atoms with E-state index in [-0.39, 0.29) is 5.91 Å². The summed E-state index contributed by atoms with van der Waals surface area (Å²) in [5.74, 6) is 0.450. The van der Waals surface area contributed by atoms with Gasteiger partial charge in [-0.05, 0) is 74.7 Å². The summed E-state index contributed by atoms with van der Waals surface area (Å²) in [5, 5.41) is 4.76. The van der Waals surface area contributed by atoms with Crippen molar-refractivity contribution in [2.24, 2.45) is 5.73 Å². The highest BCUT2D eigenvalue weighted by molar-refractivity contribution is 7.09. The van der Waals surface area contributed by atoms with Gasteiger partial charge in [0.25, 0.3) is 0 Å². The molecule has 0 aliphatic heterocycles. The van der Waals surface area contributed by atoms with Gasteiger partial charge in [0.15, 0.2) is 0 Å². The number of nitrogens with one attached hydrogen (secondary N) is 1. The van der Waals surface area contributed by atoms with Crippen LogP contribution < -0.4 is 15.8 Å². The number of nitrogens with two attached hydrogens (primary N) is 1. The lowest BCUT2D eigenvalue weighted by Crippen LogP contribution is -2.49. The first kappa shape index (κ1) is 32.5. The lowest BCUT2D eigenvalue weighted by atomic mass is 10.0. The number of thiophene rings is 1. The maximum Gasteiger partial charge on any atom is 0.408 e. The van der Waals surface area contributed by atoms with Crippen molar-refractivity contribution in [2.45, 2.75) is 77.3 Å². The second-order valence-electron chi connectivity index (χ2n) is 11.0. The SMILES string of the molecule is COc1cccc(CN(Cc2cccs2)C(=O)[C@H](CCCC(Cc2ccccc2)OC(N)=O)NC(=O)OC(C)(C)C)c1. The van der Waals surface area contributed by atoms with Gasteiger partial charge in [-0.1, -0.05) is 48.5 Å². The minimum Gasteiger partial charge on any atom is -0.497 e. The van der Waals surface area contributed by atoms with Gasteiger partial charge < -0.3 is 30.2 Å². The molecule has 2 atom stereocenters. The van der Waals surface area contributed by atoms with E-state index >= 15 is 0 Å². The van der Waals surface area contributed by atoms with Crippen molar-refractivity contribution in [3.05, 3.63) is 88.1 Å². The molecule has 42 heavy (non-hydrogen) atoms. The van der Waals surface area contributed by atoms with E-state index in [2.05, 4.69) is 5.32 Å². The fraction of sp³-hybridized carbons (Fsp3) is 0.406. The molecule has 226 valence electrons. The highest BCUT2D eigenvalue weighted by atomic mass is 32.1. The zero-order chi connectivity index (χ0) is 30.5. The van der Waals surface area contributed by atoms with Crippen LogP contribution in [0.4, 0.5) is 9.59 Å². The van der Waals surface area contributed by atoms with Gasteiger partial charge in [0.1, 0.15) is 23.5 Å². The molecule has 10 heteroatoms. The monoisotopic (exact) mass is 595 g/mol. The zero-order valence-electron chi connectivity index (χ0n) is 24.7. The topological polar surface area (TPSA) is 120 Å². The van der Waals surface area contributed by atoms with E-state index in [4.69, 9.17) is 19.9 Å². The van der Waals surface area contributed by atoms with Gasteiger partial charge in [0.05, 0.1) is 13.7 Å². The van der Waals surface area contributed by atoms with E-state index in [1.807, 2.05) is 72.1 Å². The molecule has 0 fully saturated rings. The minimum absolute atomic E-state index is 0.243. The third-order valence-electron chi connectivity index (χ3n) is 6.34. The van der Waals surface area contributed by atoms with Gasteiger partial charge in [-0.25, -0.2) is 9.59 Å². The first-order valence-electron chi connectivity index (χ1n) is 14.0. The van der Waals surface area contributed by atoms with E-state index in [0.717, 1.165) is 16.0 Å². The number of ether oxygens (including phenoxy) is 3. The van der Waals surface area contributed by atoms with E-state index in [0.29, 0.717) is 44.5 Å². The Morgan fingerprint density at radius 2 is 1.69 bits per heavy atom. The standard InChI is InChI=1S/C32H41N3O6S/c1-32(2,3)41-31(38)34-28(17-9-15-26(40-30(33)37)19-23-11-6-5-7-12-23)29(36)35(22-27-16-10-18-42-27)21-24-13-8-14-25(20-24)39-4/h5-8,10-14,16,18,20,26,28H,9,15,17,19,21-22H2,1-4H3,(H2,33,37)(H,34,38)/t26?,28-/m0/s1. The number of rotatable bonds is 14. The molecule has 1 heterocycles. The molecule has 3 N–H and O–H groups in total. The summed E-state index contributed by atoms with van der Waals surface area (Å²) >= 11 is 1.56. The average Bonchev–Trinajstić information content (AvgIpc) is 3.44. The van der Waals surface area contributed by atoms with Crippen molar-refractivity contribution in [3.63, 3.8) is 0 Å². The summed E-state index contributed by atoms with van der Waals surface area (Å²) in [7, 11) is 1.60. The van der Waals surface area contributed by atoms with Crippen molar-refractivity contribution >= 4 is 29.4 Å². The lowest BCUT2D eigenvalue weighted by molar-refractivity contribution is -0.135. The third-order valence-corrected chi connectivity index (χ3v) is 7.20. The van der Waals surface area contributed by atoms with Crippen molar-refractivity contribution in [2.75, 3.05) is 7.11 Å². The number of alkyl carbamates (subject to hydrolysis) is 1. The van der Waals surface area contributed by atoms with Crippen LogP contribution in [0.3, 0.4) is 0 Å². The Morgan fingerprint density at radius 3 is 2.33 bits per heavy atom. The van der Waals surface area contributed by atoms with E-state index in [1.54, 1.807) is 44.1 Å². The smallest absolute Gasteiger partial charge is 0.408 e. The van der Waals surface area contributed by atoms with E-state index in [1.165, 1.54) is 0 Å². The number of hydrogen-bond acceptors (Lipinski definition) is 7. The zero-order valence-corrected chi connectivity index (χ0v) is 25.5. The maximum absolute atomic E-state index is 14.1. The minimum atomic E-state index is -0.864. The van der Waals surface area contributed by atoms with E-state index in [9.17, 15) is 14.4 Å². The predicted octanol–water partition coefficient (Wildman–Crippen LogP) is 6.06. The number of nitrogens with zero attached hydrogens (tertiary/aromatic N) is 1. The van der Waals surface area contributed by atoms with Crippen LogP contribution in [0.5, 0.6) is 5.75 Å². The summed E-state index contributed by atoms with van der Waals surface area (Å²) in [6, 6.07) is 20.3. The van der Waals surface area contributed by atoms with E-state index < -0.39 is 29.9 Å². The number of carbonyl (C=O) groups excluding carboxylic acids is 3. The van der Waals surface area contributed by atoms with Gasteiger partial charge >= 0.3 is 12.2 Å². The largest absolute Gasteiger partial charge is 0.497 e. The van der Waals surface area contributed by atoms with Gasteiger partial charge in [0.2, 0.25) is 5.91 Å². The Kier molecular flexibility index (Phi) is 12.2. The lowest BCUT2D eigenvalue weighted by Gasteiger charge is -2.29. The Labute approximate surface area is 251 Å². The van der Waals surface area contributed by atoms with Crippen molar-refractivity contribution in [1.82, 2.24) is 10.2 Å². The molecule has 0 bridgehead atoms. The van der Waals surface area contributed by atoms with Crippen LogP contribution in [-0.4, -0.2) is 47.9 Å². The summed E-state index contributed by atoms with van der Waals surface area (Å²) in [4.78, 5) is 41.3. The normalized spacial score (nSPS) is 12.6. The molecule has 9 nitrogen and oxygen atoms in total. The molecule has 0 aliphatic carbocycles. The molecule has 3 aromatic rings. The highest BCUT2D eigenvalue weighted by Crippen LogP contribution is 2.21. The van der Waals surface area contributed by atoms with Crippen LogP contribution in [0.2, 0.25) is 0 Å². The number of carbonyl (C=O) groups is 3. The van der Waals surface area contributed by atoms with Crippen LogP contribution in [0, 0.1) is 0 Å². The maximum atomic E-state index is 14.1. The molecule has 0 saturated carbocycles. The Hall–Kier alpha value is -4.05. The fourth-order valence-electron chi connectivity index (χ4n) is 4.51. The number of methoxy groups -OCH3 is 1. The summed E-state index contributed by atoms with van der Waals surface area (Å²) in [5.41, 5.74) is 6.51. The highest BCUT2D eigenvalue weighted by Gasteiger charge is 2.29. The number of benzene rings is 2. The summed E-state index contributed by atoms with van der Waals surface area (Å²) in [6.07, 6.45) is -0.252. The van der Waals surface area contributed by atoms with Gasteiger partial charge in [-0.2, -0.15) is 0 Å². The van der Waals surface area contributed by atoms with Crippen molar-refractivity contribution in [1.29, 1.82) is 0 Å². The number of hydrogen-bond donors (Lipinski definition) is 2. The third kappa shape index (κ3) is 11.4. The van der Waals surface area contributed by atoms with Crippen LogP contribution in [0.15, 0.2) is 72.1 Å². The molecule has 3 rings (SSSR count). The molecule has 2 aromatic carbocycles. The molecule has 0 spiro atoms. The fourth-order valence-corrected chi connectivity index (χ4v) is 5.23. The average molecular weight is 596 g/mol. The van der Waals surface area contributed by atoms with Crippen molar-refractivity contribution in [3.8, 4) is 5.75 Å². The Balaban J connectivity index is 1.80. The van der Waals surface area contributed by atoms with Crippen LogP contribution in [0.25, 0.3) is 0 Å². The van der Waals surface area contributed by atoms with Crippen LogP contribution >= 0.6 is 11.3 Å². The summed E-state index contributed by atoms with van der Waals surface area (Å²) < 4.78 is 16.2. The van der Waals surface area contributed by atoms with Crippen molar-refractivity contribution < 1.29 is 28.6 Å². The first-order valence-corrected chi connectivity index (χ1v) is 14.8.